The highest BCUT2D eigenvalue weighted by Crippen LogP contribution is 2.32. The van der Waals surface area contributed by atoms with Crippen LogP contribution < -0.4 is 10.5 Å². The van der Waals surface area contributed by atoms with Crippen LogP contribution in [0.4, 0.5) is 8.78 Å². The standard InChI is InChI=1S/C14H12BrF2NO/c1-8(18)9-2-3-14(13(15)4-9)19-12-6-10(16)5-11(17)7-12/h2-8H,18H2,1H3/t8-/m1/s1. The van der Waals surface area contributed by atoms with E-state index in [0.717, 1.165) is 23.8 Å². The van der Waals surface area contributed by atoms with Crippen LogP contribution in [0.2, 0.25) is 0 Å². The minimum Gasteiger partial charge on any atom is -0.456 e. The van der Waals surface area contributed by atoms with Gasteiger partial charge in [-0.3, -0.25) is 0 Å². The number of hydrogen-bond acceptors (Lipinski definition) is 2. The van der Waals surface area contributed by atoms with Crippen LogP contribution in [-0.2, 0) is 0 Å². The van der Waals surface area contributed by atoms with Gasteiger partial charge in [-0.05, 0) is 40.5 Å². The highest BCUT2D eigenvalue weighted by molar-refractivity contribution is 9.10. The lowest BCUT2D eigenvalue weighted by Crippen LogP contribution is -2.04. The summed E-state index contributed by atoms with van der Waals surface area (Å²) in [6, 6.07) is 8.25. The molecule has 2 nitrogen and oxygen atoms in total. The predicted octanol–water partition coefficient (Wildman–Crippen LogP) is 4.54. The van der Waals surface area contributed by atoms with E-state index in [-0.39, 0.29) is 11.8 Å². The van der Waals surface area contributed by atoms with Crippen LogP contribution in [0.15, 0.2) is 40.9 Å². The number of halogens is 3. The van der Waals surface area contributed by atoms with Crippen molar-refractivity contribution in [1.29, 1.82) is 0 Å². The van der Waals surface area contributed by atoms with Gasteiger partial charge in [0.1, 0.15) is 23.1 Å². The third-order valence-electron chi connectivity index (χ3n) is 2.55. The average molecular weight is 328 g/mol. The van der Waals surface area contributed by atoms with Gasteiger partial charge in [0, 0.05) is 24.2 Å². The lowest BCUT2D eigenvalue weighted by atomic mass is 10.1. The molecule has 0 aromatic heterocycles. The van der Waals surface area contributed by atoms with Crippen molar-refractivity contribution in [2.75, 3.05) is 0 Å². The normalized spacial score (nSPS) is 12.3. The molecular weight excluding hydrogens is 316 g/mol. The number of benzene rings is 2. The van der Waals surface area contributed by atoms with Gasteiger partial charge in [0.25, 0.3) is 0 Å². The Morgan fingerprint density at radius 2 is 1.74 bits per heavy atom. The first kappa shape index (κ1) is 14.0. The zero-order chi connectivity index (χ0) is 14.0. The van der Waals surface area contributed by atoms with E-state index in [4.69, 9.17) is 10.5 Å². The average Bonchev–Trinajstić information content (AvgIpc) is 2.30. The van der Waals surface area contributed by atoms with E-state index in [1.807, 2.05) is 13.0 Å². The monoisotopic (exact) mass is 327 g/mol. The van der Waals surface area contributed by atoms with Crippen LogP contribution in [-0.4, -0.2) is 0 Å². The summed E-state index contributed by atoms with van der Waals surface area (Å²) < 4.78 is 32.2. The molecular formula is C14H12BrF2NO. The van der Waals surface area contributed by atoms with Gasteiger partial charge >= 0.3 is 0 Å². The zero-order valence-corrected chi connectivity index (χ0v) is 11.7. The summed E-state index contributed by atoms with van der Waals surface area (Å²) in [4.78, 5) is 0. The second-order valence-corrected chi connectivity index (χ2v) is 5.04. The minimum atomic E-state index is -0.682. The van der Waals surface area contributed by atoms with Crippen molar-refractivity contribution in [3.63, 3.8) is 0 Å². The number of nitrogens with two attached hydrogens (primary N) is 1. The van der Waals surface area contributed by atoms with E-state index in [1.165, 1.54) is 0 Å². The molecule has 0 saturated heterocycles. The van der Waals surface area contributed by atoms with Gasteiger partial charge in [-0.15, -0.1) is 0 Å². The molecule has 100 valence electrons. The molecule has 0 spiro atoms. The van der Waals surface area contributed by atoms with Crippen molar-refractivity contribution in [3.05, 3.63) is 58.1 Å². The summed E-state index contributed by atoms with van der Waals surface area (Å²) in [5, 5.41) is 0. The van der Waals surface area contributed by atoms with Gasteiger partial charge in [-0.1, -0.05) is 6.07 Å². The van der Waals surface area contributed by atoms with E-state index in [9.17, 15) is 8.78 Å². The van der Waals surface area contributed by atoms with Crippen molar-refractivity contribution in [2.45, 2.75) is 13.0 Å². The number of hydrogen-bond donors (Lipinski definition) is 1. The Hall–Kier alpha value is -1.46. The topological polar surface area (TPSA) is 35.2 Å². The van der Waals surface area contributed by atoms with Crippen LogP contribution in [0.5, 0.6) is 11.5 Å². The molecule has 0 heterocycles. The molecule has 0 aliphatic rings. The first-order chi connectivity index (χ1) is 8.95. The summed E-state index contributed by atoms with van der Waals surface area (Å²) in [6.45, 7) is 1.87. The molecule has 2 aromatic carbocycles. The highest BCUT2D eigenvalue weighted by atomic mass is 79.9. The molecule has 5 heteroatoms. The molecule has 0 aliphatic heterocycles. The van der Waals surface area contributed by atoms with Gasteiger partial charge in [0.05, 0.1) is 4.47 Å². The maximum atomic E-state index is 13.1. The third-order valence-corrected chi connectivity index (χ3v) is 3.17. The van der Waals surface area contributed by atoms with Crippen molar-refractivity contribution >= 4 is 15.9 Å². The Balaban J connectivity index is 2.28. The Morgan fingerprint density at radius 3 is 2.26 bits per heavy atom. The van der Waals surface area contributed by atoms with Gasteiger partial charge in [-0.2, -0.15) is 0 Å². The summed E-state index contributed by atoms with van der Waals surface area (Å²) in [7, 11) is 0. The molecule has 0 unspecified atom stereocenters. The van der Waals surface area contributed by atoms with E-state index < -0.39 is 11.6 Å². The Morgan fingerprint density at radius 1 is 1.11 bits per heavy atom. The third kappa shape index (κ3) is 3.52. The molecule has 2 N–H and O–H groups in total. The predicted molar refractivity (Wildman–Crippen MR) is 73.2 cm³/mol. The number of ether oxygens (including phenoxy) is 1. The maximum absolute atomic E-state index is 13.1. The van der Waals surface area contributed by atoms with Gasteiger partial charge in [0.15, 0.2) is 0 Å². The second-order valence-electron chi connectivity index (χ2n) is 4.19. The van der Waals surface area contributed by atoms with Crippen molar-refractivity contribution in [3.8, 4) is 11.5 Å². The molecule has 0 amide bonds. The number of rotatable bonds is 3. The van der Waals surface area contributed by atoms with E-state index in [2.05, 4.69) is 15.9 Å². The molecule has 0 radical (unpaired) electrons. The first-order valence-corrected chi connectivity index (χ1v) is 6.44. The van der Waals surface area contributed by atoms with Crippen LogP contribution in [0, 0.1) is 11.6 Å². The molecule has 0 bridgehead atoms. The summed E-state index contributed by atoms with van der Waals surface area (Å²) in [6.07, 6.45) is 0. The second kappa shape index (κ2) is 5.67. The smallest absolute Gasteiger partial charge is 0.141 e. The Labute approximate surface area is 118 Å². The molecule has 0 fully saturated rings. The highest BCUT2D eigenvalue weighted by Gasteiger charge is 2.08. The minimum absolute atomic E-state index is 0.100. The molecule has 2 aromatic rings. The SMILES string of the molecule is C[C@@H](N)c1ccc(Oc2cc(F)cc(F)c2)c(Br)c1. The van der Waals surface area contributed by atoms with Crippen molar-refractivity contribution in [1.82, 2.24) is 0 Å². The zero-order valence-electron chi connectivity index (χ0n) is 10.2. The van der Waals surface area contributed by atoms with E-state index in [0.29, 0.717) is 10.2 Å². The van der Waals surface area contributed by atoms with E-state index in [1.54, 1.807) is 12.1 Å². The molecule has 19 heavy (non-hydrogen) atoms. The Bertz CT molecular complexity index is 582. The molecule has 0 saturated carbocycles. The van der Waals surface area contributed by atoms with E-state index >= 15 is 0 Å². The fourth-order valence-corrected chi connectivity index (χ4v) is 2.07. The quantitative estimate of drug-likeness (QED) is 0.898. The Kier molecular flexibility index (Phi) is 4.17. The van der Waals surface area contributed by atoms with Crippen molar-refractivity contribution < 1.29 is 13.5 Å². The van der Waals surface area contributed by atoms with Crippen LogP contribution in [0.25, 0.3) is 0 Å². The van der Waals surface area contributed by atoms with Gasteiger partial charge in [0.2, 0.25) is 0 Å². The lowest BCUT2D eigenvalue weighted by molar-refractivity contribution is 0.465. The van der Waals surface area contributed by atoms with Crippen LogP contribution in [0.1, 0.15) is 18.5 Å². The summed E-state index contributed by atoms with van der Waals surface area (Å²) >= 11 is 3.34. The van der Waals surface area contributed by atoms with Gasteiger partial charge < -0.3 is 10.5 Å². The van der Waals surface area contributed by atoms with Crippen LogP contribution >= 0.6 is 15.9 Å². The molecule has 2 rings (SSSR count). The summed E-state index contributed by atoms with van der Waals surface area (Å²) in [5.74, 6) is -0.794. The molecule has 1 atom stereocenters. The lowest BCUT2D eigenvalue weighted by Gasteiger charge is -2.11. The fraction of sp³-hybridized carbons (Fsp3) is 0.143. The largest absolute Gasteiger partial charge is 0.456 e. The van der Waals surface area contributed by atoms with Crippen molar-refractivity contribution in [2.24, 2.45) is 5.73 Å². The van der Waals surface area contributed by atoms with Gasteiger partial charge in [-0.25, -0.2) is 8.78 Å². The summed E-state index contributed by atoms with van der Waals surface area (Å²) in [5.41, 5.74) is 6.70. The maximum Gasteiger partial charge on any atom is 0.141 e. The molecule has 0 aliphatic carbocycles. The van der Waals surface area contributed by atoms with Crippen LogP contribution in [0.3, 0.4) is 0 Å². The first-order valence-electron chi connectivity index (χ1n) is 5.64. The fourth-order valence-electron chi connectivity index (χ4n) is 1.60.